The summed E-state index contributed by atoms with van der Waals surface area (Å²) in [4.78, 5) is 13.4. The van der Waals surface area contributed by atoms with E-state index in [2.05, 4.69) is 15.9 Å². The zero-order valence-electron chi connectivity index (χ0n) is 11.7. The SMILES string of the molecule is CN1C(=O)CCc2cc(C(O)c3ccc(Br)cc3)ccc21. The molecule has 0 fully saturated rings. The number of rotatable bonds is 2. The number of aliphatic hydroxyl groups excluding tert-OH is 1. The van der Waals surface area contributed by atoms with E-state index in [4.69, 9.17) is 0 Å². The highest BCUT2D eigenvalue weighted by Gasteiger charge is 2.22. The van der Waals surface area contributed by atoms with Crippen LogP contribution in [0.25, 0.3) is 0 Å². The minimum Gasteiger partial charge on any atom is -0.384 e. The van der Waals surface area contributed by atoms with E-state index in [1.807, 2.05) is 42.5 Å². The first-order chi connectivity index (χ1) is 10.1. The molecule has 108 valence electrons. The van der Waals surface area contributed by atoms with Crippen molar-refractivity contribution >= 4 is 27.5 Å². The van der Waals surface area contributed by atoms with Crippen LogP contribution in [0.3, 0.4) is 0 Å². The van der Waals surface area contributed by atoms with Crippen LogP contribution in [0.15, 0.2) is 46.9 Å². The van der Waals surface area contributed by atoms with E-state index in [1.54, 1.807) is 11.9 Å². The molecule has 0 saturated carbocycles. The molecule has 1 atom stereocenters. The van der Waals surface area contributed by atoms with Crippen LogP contribution in [-0.2, 0) is 11.2 Å². The number of halogens is 1. The first kappa shape index (κ1) is 14.3. The van der Waals surface area contributed by atoms with Gasteiger partial charge in [-0.2, -0.15) is 0 Å². The fourth-order valence-electron chi connectivity index (χ4n) is 2.68. The summed E-state index contributed by atoms with van der Waals surface area (Å²) in [6.07, 6.45) is 0.618. The van der Waals surface area contributed by atoms with E-state index >= 15 is 0 Å². The summed E-state index contributed by atoms with van der Waals surface area (Å²) < 4.78 is 0.990. The molecule has 1 aliphatic heterocycles. The number of carbonyl (C=O) groups excluding carboxylic acids is 1. The van der Waals surface area contributed by atoms with Gasteiger partial charge in [0.15, 0.2) is 0 Å². The summed E-state index contributed by atoms with van der Waals surface area (Å²) in [5.74, 6) is 0.142. The third kappa shape index (κ3) is 2.74. The highest BCUT2D eigenvalue weighted by atomic mass is 79.9. The lowest BCUT2D eigenvalue weighted by Gasteiger charge is -2.26. The first-order valence-corrected chi connectivity index (χ1v) is 7.68. The van der Waals surface area contributed by atoms with Gasteiger partial charge in [0.1, 0.15) is 6.10 Å². The van der Waals surface area contributed by atoms with Crippen LogP contribution < -0.4 is 4.90 Å². The minimum absolute atomic E-state index is 0.142. The average Bonchev–Trinajstić information content (AvgIpc) is 2.51. The third-order valence-corrected chi connectivity index (χ3v) is 4.48. The number of benzene rings is 2. The summed E-state index contributed by atoms with van der Waals surface area (Å²) in [7, 11) is 1.80. The molecule has 0 spiro atoms. The average molecular weight is 346 g/mol. The maximum Gasteiger partial charge on any atom is 0.227 e. The number of fused-ring (bicyclic) bond motifs is 1. The van der Waals surface area contributed by atoms with Gasteiger partial charge in [-0.05, 0) is 41.3 Å². The van der Waals surface area contributed by atoms with Gasteiger partial charge in [-0.15, -0.1) is 0 Å². The summed E-state index contributed by atoms with van der Waals surface area (Å²) in [6, 6.07) is 13.5. The first-order valence-electron chi connectivity index (χ1n) is 6.89. The van der Waals surface area contributed by atoms with Crippen LogP contribution in [0.4, 0.5) is 5.69 Å². The standard InChI is InChI=1S/C17H16BrNO2/c1-19-15-8-4-13(10-12(15)5-9-16(19)20)17(21)11-2-6-14(18)7-3-11/h2-4,6-8,10,17,21H,5,9H2,1H3. The summed E-state index contributed by atoms with van der Waals surface area (Å²) in [5, 5.41) is 10.5. The molecule has 0 aliphatic carbocycles. The van der Waals surface area contributed by atoms with Crippen LogP contribution in [0.5, 0.6) is 0 Å². The molecule has 0 radical (unpaired) electrons. The molecule has 21 heavy (non-hydrogen) atoms. The van der Waals surface area contributed by atoms with E-state index < -0.39 is 6.10 Å². The van der Waals surface area contributed by atoms with Crippen molar-refractivity contribution in [1.82, 2.24) is 0 Å². The summed E-state index contributed by atoms with van der Waals surface area (Å²) in [5.41, 5.74) is 3.78. The maximum absolute atomic E-state index is 11.7. The molecule has 1 heterocycles. The van der Waals surface area contributed by atoms with Crippen molar-refractivity contribution < 1.29 is 9.90 Å². The molecule has 2 aromatic rings. The van der Waals surface area contributed by atoms with Gasteiger partial charge >= 0.3 is 0 Å². The molecular formula is C17H16BrNO2. The van der Waals surface area contributed by atoms with Crippen molar-refractivity contribution in [1.29, 1.82) is 0 Å². The summed E-state index contributed by atoms with van der Waals surface area (Å²) in [6.45, 7) is 0. The Labute approximate surface area is 132 Å². The monoisotopic (exact) mass is 345 g/mol. The van der Waals surface area contributed by atoms with Crippen LogP contribution >= 0.6 is 15.9 Å². The largest absolute Gasteiger partial charge is 0.384 e. The quantitative estimate of drug-likeness (QED) is 0.905. The highest BCUT2D eigenvalue weighted by molar-refractivity contribution is 9.10. The van der Waals surface area contributed by atoms with Crippen molar-refractivity contribution in [2.75, 3.05) is 11.9 Å². The molecule has 3 nitrogen and oxygen atoms in total. The Kier molecular flexibility index (Phi) is 3.83. The smallest absolute Gasteiger partial charge is 0.227 e. The lowest BCUT2D eigenvalue weighted by Crippen LogP contribution is -2.31. The Bertz CT molecular complexity index is 682. The topological polar surface area (TPSA) is 40.5 Å². The number of nitrogens with zero attached hydrogens (tertiary/aromatic N) is 1. The molecule has 0 aromatic heterocycles. The molecule has 3 rings (SSSR count). The second-order valence-electron chi connectivity index (χ2n) is 5.29. The Morgan fingerprint density at radius 2 is 1.76 bits per heavy atom. The fourth-order valence-corrected chi connectivity index (χ4v) is 2.95. The van der Waals surface area contributed by atoms with E-state index in [9.17, 15) is 9.90 Å². The third-order valence-electron chi connectivity index (χ3n) is 3.95. The van der Waals surface area contributed by atoms with Gasteiger partial charge in [0, 0.05) is 23.6 Å². The van der Waals surface area contributed by atoms with Crippen LogP contribution in [0, 0.1) is 0 Å². The number of hydrogen-bond donors (Lipinski definition) is 1. The van der Waals surface area contributed by atoms with E-state index in [1.165, 1.54) is 0 Å². The van der Waals surface area contributed by atoms with Crippen LogP contribution in [-0.4, -0.2) is 18.1 Å². The van der Waals surface area contributed by atoms with Crippen molar-refractivity contribution in [3.8, 4) is 0 Å². The molecule has 1 amide bonds. The van der Waals surface area contributed by atoms with Crippen molar-refractivity contribution in [2.45, 2.75) is 18.9 Å². The van der Waals surface area contributed by atoms with Gasteiger partial charge in [0.25, 0.3) is 0 Å². The molecule has 1 aliphatic rings. The highest BCUT2D eigenvalue weighted by Crippen LogP contribution is 2.31. The van der Waals surface area contributed by atoms with E-state index in [-0.39, 0.29) is 5.91 Å². The minimum atomic E-state index is -0.647. The van der Waals surface area contributed by atoms with Gasteiger partial charge in [0.05, 0.1) is 0 Å². The van der Waals surface area contributed by atoms with Crippen molar-refractivity contribution in [2.24, 2.45) is 0 Å². The number of anilines is 1. The number of aliphatic hydroxyl groups is 1. The van der Waals surface area contributed by atoms with Crippen LogP contribution in [0.1, 0.15) is 29.2 Å². The molecule has 0 bridgehead atoms. The van der Waals surface area contributed by atoms with Crippen molar-refractivity contribution in [3.63, 3.8) is 0 Å². The predicted octanol–water partition coefficient (Wildman–Crippen LogP) is 3.44. The van der Waals surface area contributed by atoms with Gasteiger partial charge < -0.3 is 10.0 Å². The Balaban J connectivity index is 1.93. The zero-order chi connectivity index (χ0) is 15.0. The van der Waals surface area contributed by atoms with Crippen molar-refractivity contribution in [3.05, 3.63) is 63.6 Å². The number of carbonyl (C=O) groups is 1. The second-order valence-corrected chi connectivity index (χ2v) is 6.21. The normalized spacial score (nSPS) is 15.8. The van der Waals surface area contributed by atoms with Gasteiger partial charge in [-0.3, -0.25) is 4.79 Å². The van der Waals surface area contributed by atoms with Gasteiger partial charge in [-0.1, -0.05) is 40.2 Å². The number of hydrogen-bond acceptors (Lipinski definition) is 2. The lowest BCUT2D eigenvalue weighted by molar-refractivity contribution is -0.118. The number of amides is 1. The van der Waals surface area contributed by atoms with E-state index in [0.29, 0.717) is 6.42 Å². The Hall–Kier alpha value is -1.65. The molecule has 1 N–H and O–H groups in total. The number of aryl methyl sites for hydroxylation is 1. The van der Waals surface area contributed by atoms with Crippen LogP contribution in [0.2, 0.25) is 0 Å². The molecular weight excluding hydrogens is 330 g/mol. The molecule has 0 saturated heterocycles. The molecule has 2 aromatic carbocycles. The maximum atomic E-state index is 11.7. The van der Waals surface area contributed by atoms with Gasteiger partial charge in [0.2, 0.25) is 5.91 Å². The van der Waals surface area contributed by atoms with Gasteiger partial charge in [-0.25, -0.2) is 0 Å². The summed E-state index contributed by atoms with van der Waals surface area (Å²) >= 11 is 3.39. The Morgan fingerprint density at radius 1 is 1.10 bits per heavy atom. The second kappa shape index (κ2) is 5.62. The Morgan fingerprint density at radius 3 is 2.48 bits per heavy atom. The zero-order valence-corrected chi connectivity index (χ0v) is 13.3. The predicted molar refractivity (Wildman–Crippen MR) is 86.4 cm³/mol. The lowest BCUT2D eigenvalue weighted by atomic mass is 9.95. The van der Waals surface area contributed by atoms with E-state index in [0.717, 1.165) is 33.3 Å². The molecule has 1 unspecified atom stereocenters. The molecule has 4 heteroatoms. The fraction of sp³-hybridized carbons (Fsp3) is 0.235.